The molecule has 140 valence electrons. The van der Waals surface area contributed by atoms with Crippen LogP contribution in [-0.4, -0.2) is 33.6 Å². The largest absolute Gasteiger partial charge is 0.496 e. The molecule has 0 atom stereocenters. The maximum atomic E-state index is 12.1. The number of nitrogens with one attached hydrogen (secondary N) is 1. The Kier molecular flexibility index (Phi) is 6.20. The van der Waals surface area contributed by atoms with Gasteiger partial charge in [0.05, 0.1) is 12.7 Å². The Labute approximate surface area is 165 Å². The van der Waals surface area contributed by atoms with Gasteiger partial charge in [0.25, 0.3) is 0 Å². The number of thioether (sulfide) groups is 1. The number of rotatable bonds is 7. The number of hydrogen-bond donors (Lipinski definition) is 2. The van der Waals surface area contributed by atoms with Crippen molar-refractivity contribution in [3.63, 3.8) is 0 Å². The summed E-state index contributed by atoms with van der Waals surface area (Å²) in [5, 5.41) is 12.1. The van der Waals surface area contributed by atoms with Gasteiger partial charge in [-0.15, -0.1) is 10.2 Å². The van der Waals surface area contributed by atoms with Crippen molar-refractivity contribution in [1.82, 2.24) is 14.9 Å². The second kappa shape index (κ2) is 8.79. The summed E-state index contributed by atoms with van der Waals surface area (Å²) >= 11 is 7.26. The van der Waals surface area contributed by atoms with E-state index in [4.69, 9.17) is 22.2 Å². The van der Waals surface area contributed by atoms with Gasteiger partial charge in [-0.25, -0.2) is 4.68 Å². The third-order valence-electron chi connectivity index (χ3n) is 3.68. The second-order valence-electron chi connectivity index (χ2n) is 5.53. The second-order valence-corrected chi connectivity index (χ2v) is 7.03. The molecule has 7 nitrogen and oxygen atoms in total. The van der Waals surface area contributed by atoms with Gasteiger partial charge in [0.1, 0.15) is 5.75 Å². The molecule has 1 aromatic heterocycles. The molecule has 0 spiro atoms. The standard InChI is InChI=1S/C18H18ClN5O2S/c1-26-15-8-3-2-7-14(15)17-22-23-18(24(17)20)27-10-9-16(25)21-13-6-4-5-12(19)11-13/h2-8,11H,9-10,20H2,1H3,(H,21,25). The van der Waals surface area contributed by atoms with Gasteiger partial charge in [-0.05, 0) is 30.3 Å². The zero-order chi connectivity index (χ0) is 19.2. The number of ether oxygens (including phenoxy) is 1. The van der Waals surface area contributed by atoms with Crippen LogP contribution >= 0.6 is 23.4 Å². The Hall–Kier alpha value is -2.71. The van der Waals surface area contributed by atoms with Crippen LogP contribution in [-0.2, 0) is 4.79 Å². The molecule has 0 aliphatic heterocycles. The van der Waals surface area contributed by atoms with Gasteiger partial charge < -0.3 is 15.9 Å². The lowest BCUT2D eigenvalue weighted by molar-refractivity contribution is -0.115. The third kappa shape index (κ3) is 4.72. The van der Waals surface area contributed by atoms with E-state index >= 15 is 0 Å². The van der Waals surface area contributed by atoms with Crippen molar-refractivity contribution >= 4 is 35.0 Å². The van der Waals surface area contributed by atoms with E-state index in [1.807, 2.05) is 24.3 Å². The minimum absolute atomic E-state index is 0.113. The smallest absolute Gasteiger partial charge is 0.225 e. The highest BCUT2D eigenvalue weighted by atomic mass is 35.5. The molecule has 0 saturated carbocycles. The summed E-state index contributed by atoms with van der Waals surface area (Å²) < 4.78 is 6.74. The Bertz CT molecular complexity index is 947. The summed E-state index contributed by atoms with van der Waals surface area (Å²) in [6, 6.07) is 14.4. The molecule has 1 heterocycles. The average molecular weight is 404 g/mol. The van der Waals surface area contributed by atoms with Gasteiger partial charge in [-0.2, -0.15) is 0 Å². The number of nitrogen functional groups attached to an aromatic ring is 1. The maximum absolute atomic E-state index is 12.1. The summed E-state index contributed by atoms with van der Waals surface area (Å²) in [6.07, 6.45) is 0.300. The number of benzene rings is 2. The lowest BCUT2D eigenvalue weighted by Gasteiger charge is -2.08. The van der Waals surface area contributed by atoms with Crippen LogP contribution < -0.4 is 15.9 Å². The zero-order valence-corrected chi connectivity index (χ0v) is 16.1. The number of anilines is 1. The van der Waals surface area contributed by atoms with Crippen molar-refractivity contribution in [2.45, 2.75) is 11.6 Å². The van der Waals surface area contributed by atoms with Crippen LogP contribution in [0.5, 0.6) is 5.75 Å². The maximum Gasteiger partial charge on any atom is 0.225 e. The number of aromatic nitrogens is 3. The van der Waals surface area contributed by atoms with Crippen molar-refractivity contribution in [1.29, 1.82) is 0 Å². The molecule has 1 amide bonds. The predicted molar refractivity (Wildman–Crippen MR) is 108 cm³/mol. The summed E-state index contributed by atoms with van der Waals surface area (Å²) in [5.74, 6) is 7.67. The van der Waals surface area contributed by atoms with Crippen LogP contribution in [0.25, 0.3) is 11.4 Å². The van der Waals surface area contributed by atoms with E-state index in [0.29, 0.717) is 39.6 Å². The highest BCUT2D eigenvalue weighted by Gasteiger charge is 2.16. The van der Waals surface area contributed by atoms with Crippen LogP contribution in [0.1, 0.15) is 6.42 Å². The first-order valence-electron chi connectivity index (χ1n) is 8.10. The number of amides is 1. The molecule has 3 rings (SSSR count). The summed E-state index contributed by atoms with van der Waals surface area (Å²) in [5.41, 5.74) is 1.42. The van der Waals surface area contributed by atoms with Crippen LogP contribution in [0.4, 0.5) is 5.69 Å². The molecule has 9 heteroatoms. The van der Waals surface area contributed by atoms with Gasteiger partial charge in [-0.1, -0.05) is 41.6 Å². The zero-order valence-electron chi connectivity index (χ0n) is 14.6. The summed E-state index contributed by atoms with van der Waals surface area (Å²) in [4.78, 5) is 12.1. The fourth-order valence-electron chi connectivity index (χ4n) is 2.41. The first kappa shape index (κ1) is 19.1. The molecule has 0 saturated heterocycles. The van der Waals surface area contributed by atoms with E-state index in [0.717, 1.165) is 5.56 Å². The van der Waals surface area contributed by atoms with E-state index in [1.54, 1.807) is 31.4 Å². The quantitative estimate of drug-likeness (QED) is 0.463. The van der Waals surface area contributed by atoms with Crippen LogP contribution in [0.2, 0.25) is 5.02 Å². The molecular formula is C18H18ClN5O2S. The molecule has 3 N–H and O–H groups in total. The molecule has 0 unspecified atom stereocenters. The number of carbonyl (C=O) groups is 1. The number of nitrogens with zero attached hydrogens (tertiary/aromatic N) is 3. The number of methoxy groups -OCH3 is 1. The fraction of sp³-hybridized carbons (Fsp3) is 0.167. The minimum Gasteiger partial charge on any atom is -0.496 e. The van der Waals surface area contributed by atoms with Gasteiger partial charge in [0, 0.05) is 22.9 Å². The van der Waals surface area contributed by atoms with E-state index in [9.17, 15) is 4.79 Å². The van der Waals surface area contributed by atoms with Crippen LogP contribution in [0.3, 0.4) is 0 Å². The van der Waals surface area contributed by atoms with Gasteiger partial charge in [0.2, 0.25) is 11.1 Å². The molecule has 3 aromatic rings. The SMILES string of the molecule is COc1ccccc1-c1nnc(SCCC(=O)Nc2cccc(Cl)c2)n1N. The predicted octanol–water partition coefficient (Wildman–Crippen LogP) is 3.44. The normalized spacial score (nSPS) is 10.6. The molecule has 27 heavy (non-hydrogen) atoms. The Morgan fingerprint density at radius 2 is 2.07 bits per heavy atom. The molecule has 0 aliphatic rings. The first-order chi connectivity index (χ1) is 13.1. The van der Waals surface area contributed by atoms with Gasteiger partial charge >= 0.3 is 0 Å². The molecule has 0 radical (unpaired) electrons. The number of para-hydroxylation sites is 1. The third-order valence-corrected chi connectivity index (χ3v) is 4.86. The van der Waals surface area contributed by atoms with E-state index in [1.165, 1.54) is 16.4 Å². The van der Waals surface area contributed by atoms with Gasteiger partial charge in [-0.3, -0.25) is 4.79 Å². The molecule has 0 bridgehead atoms. The van der Waals surface area contributed by atoms with Crippen molar-refractivity contribution in [3.8, 4) is 17.1 Å². The van der Waals surface area contributed by atoms with Crippen LogP contribution in [0, 0.1) is 0 Å². The number of halogens is 1. The molecule has 2 aromatic carbocycles. The molecular weight excluding hydrogens is 386 g/mol. The van der Waals surface area contributed by atoms with Crippen LogP contribution in [0.15, 0.2) is 53.7 Å². The Morgan fingerprint density at radius 3 is 2.85 bits per heavy atom. The van der Waals surface area contributed by atoms with E-state index < -0.39 is 0 Å². The van der Waals surface area contributed by atoms with E-state index in [2.05, 4.69) is 15.5 Å². The minimum atomic E-state index is -0.113. The van der Waals surface area contributed by atoms with Gasteiger partial charge in [0.15, 0.2) is 5.82 Å². The van der Waals surface area contributed by atoms with E-state index in [-0.39, 0.29) is 5.91 Å². The summed E-state index contributed by atoms with van der Waals surface area (Å²) in [6.45, 7) is 0. The fourth-order valence-corrected chi connectivity index (χ4v) is 3.40. The number of hydrogen-bond acceptors (Lipinski definition) is 6. The Morgan fingerprint density at radius 1 is 1.26 bits per heavy atom. The highest BCUT2D eigenvalue weighted by molar-refractivity contribution is 7.99. The first-order valence-corrected chi connectivity index (χ1v) is 9.47. The van der Waals surface area contributed by atoms with Crippen molar-refractivity contribution in [3.05, 3.63) is 53.6 Å². The lowest BCUT2D eigenvalue weighted by atomic mass is 10.2. The van der Waals surface area contributed by atoms with Crippen molar-refractivity contribution in [2.75, 3.05) is 24.0 Å². The molecule has 0 aliphatic carbocycles. The monoisotopic (exact) mass is 403 g/mol. The Balaban J connectivity index is 1.59. The van der Waals surface area contributed by atoms with Crippen molar-refractivity contribution < 1.29 is 9.53 Å². The lowest BCUT2D eigenvalue weighted by Crippen LogP contribution is -2.14. The average Bonchev–Trinajstić information content (AvgIpc) is 3.02. The van der Waals surface area contributed by atoms with Crippen molar-refractivity contribution in [2.24, 2.45) is 0 Å². The number of carbonyl (C=O) groups excluding carboxylic acids is 1. The summed E-state index contributed by atoms with van der Waals surface area (Å²) in [7, 11) is 1.59. The number of nitrogens with two attached hydrogens (primary N) is 1. The highest BCUT2D eigenvalue weighted by Crippen LogP contribution is 2.29. The topological polar surface area (TPSA) is 95.1 Å². The molecule has 0 fully saturated rings.